The van der Waals surface area contributed by atoms with Crippen LogP contribution >= 0.6 is 0 Å². The van der Waals surface area contributed by atoms with Crippen molar-refractivity contribution in [1.29, 1.82) is 5.41 Å². The van der Waals surface area contributed by atoms with Gasteiger partial charge in [0.05, 0.1) is 6.10 Å². The highest BCUT2D eigenvalue weighted by atomic mass is 19.4. The predicted molar refractivity (Wildman–Crippen MR) is 124 cm³/mol. The molecule has 1 aliphatic carbocycles. The Labute approximate surface area is 198 Å². The van der Waals surface area contributed by atoms with Crippen LogP contribution in [0, 0.1) is 5.41 Å². The maximum Gasteiger partial charge on any atom is 0.428 e. The van der Waals surface area contributed by atoms with E-state index in [2.05, 4.69) is 19.2 Å². The number of amides is 1. The molecule has 1 amide bonds. The van der Waals surface area contributed by atoms with Gasteiger partial charge in [0, 0.05) is 38.1 Å². The Hall–Kier alpha value is -2.59. The molecule has 1 saturated carbocycles. The normalized spacial score (nSPS) is 19.7. The Bertz CT molecular complexity index is 890. The van der Waals surface area contributed by atoms with Crippen molar-refractivity contribution in [3.05, 3.63) is 41.3 Å². The monoisotopic (exact) mass is 482 g/mol. The fourth-order valence-electron chi connectivity index (χ4n) is 4.28. The number of nitrogens with one attached hydrogen (secondary N) is 2. The van der Waals surface area contributed by atoms with E-state index < -0.39 is 18.3 Å². The Morgan fingerprint density at radius 2 is 1.85 bits per heavy atom. The fourth-order valence-corrected chi connectivity index (χ4v) is 4.28. The molecular weight excluding hydrogens is 449 g/mol. The zero-order chi connectivity index (χ0) is 24.9. The summed E-state index contributed by atoms with van der Waals surface area (Å²) in [4.78, 5) is 15.9. The average Bonchev–Trinajstić information content (AvgIpc) is 3.31. The minimum atomic E-state index is -4.73. The number of halogens is 3. The van der Waals surface area contributed by atoms with E-state index in [4.69, 9.17) is 10.1 Å². The van der Waals surface area contributed by atoms with Crippen LogP contribution in [0.5, 0.6) is 0 Å². The molecule has 0 spiro atoms. The van der Waals surface area contributed by atoms with Crippen molar-refractivity contribution in [3.63, 3.8) is 0 Å². The number of hydrogen-bond acceptors (Lipinski definition) is 6. The molecule has 1 atom stereocenters. The second kappa shape index (κ2) is 11.2. The van der Waals surface area contributed by atoms with Crippen LogP contribution in [0.1, 0.15) is 51.0 Å². The molecule has 1 unspecified atom stereocenters. The standard InChI is InChI=1S/C24H33F3N4O3/c1-16(2)17-6-5-7-18(14-17)29-22(32)21(34-19-8-3-4-9-19)20(15-28)30-10-12-31(13-11-30)23(33)24(25,26)27/h5-7,14-16,19,23,28,33H,3-4,8-13H2,1-2H3,(H,29,32)/b21-20-,28-15?. The summed E-state index contributed by atoms with van der Waals surface area (Å²) in [5, 5.41) is 20.4. The van der Waals surface area contributed by atoms with E-state index in [0.717, 1.165) is 42.4 Å². The van der Waals surface area contributed by atoms with Gasteiger partial charge in [0.2, 0.25) is 12.0 Å². The molecule has 34 heavy (non-hydrogen) atoms. The molecule has 188 valence electrons. The largest absolute Gasteiger partial charge is 0.483 e. The number of allylic oxidation sites excluding steroid dienone is 1. The van der Waals surface area contributed by atoms with Gasteiger partial charge in [0.25, 0.3) is 5.91 Å². The van der Waals surface area contributed by atoms with Crippen molar-refractivity contribution in [3.8, 4) is 0 Å². The summed E-state index contributed by atoms with van der Waals surface area (Å²) >= 11 is 0. The first-order valence-electron chi connectivity index (χ1n) is 11.7. The van der Waals surface area contributed by atoms with Crippen LogP contribution < -0.4 is 5.32 Å². The molecule has 10 heteroatoms. The minimum absolute atomic E-state index is 0.00155. The summed E-state index contributed by atoms with van der Waals surface area (Å²) in [6, 6.07) is 7.49. The zero-order valence-electron chi connectivity index (χ0n) is 19.6. The number of benzene rings is 1. The molecular formula is C24H33F3N4O3. The lowest BCUT2D eigenvalue weighted by Gasteiger charge is -2.39. The zero-order valence-corrected chi connectivity index (χ0v) is 19.6. The van der Waals surface area contributed by atoms with E-state index in [9.17, 15) is 23.1 Å². The minimum Gasteiger partial charge on any atom is -0.483 e. The first kappa shape index (κ1) is 26.0. The highest BCUT2D eigenvalue weighted by Crippen LogP contribution is 2.28. The van der Waals surface area contributed by atoms with Crippen LogP contribution in [0.15, 0.2) is 35.7 Å². The van der Waals surface area contributed by atoms with Crippen molar-refractivity contribution in [2.24, 2.45) is 0 Å². The third-order valence-electron chi connectivity index (χ3n) is 6.27. The van der Waals surface area contributed by atoms with Gasteiger partial charge in [-0.05, 0) is 49.3 Å². The van der Waals surface area contributed by atoms with Gasteiger partial charge in [-0.1, -0.05) is 26.0 Å². The topological polar surface area (TPSA) is 88.9 Å². The van der Waals surface area contributed by atoms with Crippen molar-refractivity contribution in [2.45, 2.75) is 64.0 Å². The van der Waals surface area contributed by atoms with Gasteiger partial charge < -0.3 is 25.5 Å². The summed E-state index contributed by atoms with van der Waals surface area (Å²) in [6.07, 6.45) is -2.81. The Balaban J connectivity index is 1.82. The molecule has 3 rings (SSSR count). The number of rotatable bonds is 8. The highest BCUT2D eigenvalue weighted by Gasteiger charge is 2.43. The Morgan fingerprint density at radius 1 is 1.21 bits per heavy atom. The van der Waals surface area contributed by atoms with E-state index in [1.54, 1.807) is 11.0 Å². The van der Waals surface area contributed by atoms with Crippen molar-refractivity contribution >= 4 is 17.8 Å². The molecule has 1 aromatic carbocycles. The maximum absolute atomic E-state index is 13.3. The average molecular weight is 483 g/mol. The lowest BCUT2D eigenvalue weighted by Crippen LogP contribution is -2.54. The Kier molecular flexibility index (Phi) is 8.59. The lowest BCUT2D eigenvalue weighted by atomic mass is 10.0. The summed E-state index contributed by atoms with van der Waals surface area (Å²) in [5.41, 5.74) is 1.89. The van der Waals surface area contributed by atoms with Crippen LogP contribution in [0.4, 0.5) is 18.9 Å². The number of ether oxygens (including phenoxy) is 1. The van der Waals surface area contributed by atoms with Crippen LogP contribution in [-0.4, -0.2) is 71.7 Å². The van der Waals surface area contributed by atoms with Gasteiger partial charge in [-0.15, -0.1) is 0 Å². The van der Waals surface area contributed by atoms with Gasteiger partial charge >= 0.3 is 6.18 Å². The van der Waals surface area contributed by atoms with Gasteiger partial charge in [0.1, 0.15) is 5.70 Å². The van der Waals surface area contributed by atoms with Crippen LogP contribution in [0.25, 0.3) is 0 Å². The number of piperazine rings is 1. The number of hydrogen-bond donors (Lipinski definition) is 3. The second-order valence-corrected chi connectivity index (χ2v) is 9.06. The summed E-state index contributed by atoms with van der Waals surface area (Å²) in [7, 11) is 0. The number of nitrogens with zero attached hydrogens (tertiary/aromatic N) is 2. The molecule has 2 aliphatic rings. The van der Waals surface area contributed by atoms with Crippen molar-refractivity contribution < 1.29 is 27.8 Å². The molecule has 3 N–H and O–H groups in total. The van der Waals surface area contributed by atoms with E-state index in [0.29, 0.717) is 5.69 Å². The third kappa shape index (κ3) is 6.50. The maximum atomic E-state index is 13.3. The summed E-state index contributed by atoms with van der Waals surface area (Å²) < 4.78 is 44.7. The predicted octanol–water partition coefficient (Wildman–Crippen LogP) is 4.07. The quantitative estimate of drug-likeness (QED) is 0.295. The molecule has 1 saturated heterocycles. The molecule has 1 heterocycles. The SMILES string of the molecule is CC(C)c1cccc(NC(=O)/C(OC2CCCC2)=C(\C=N)N2CCN(C(O)C(F)(F)F)CC2)c1. The molecule has 7 nitrogen and oxygen atoms in total. The van der Waals surface area contributed by atoms with Gasteiger partial charge in [-0.3, -0.25) is 9.69 Å². The molecule has 2 fully saturated rings. The first-order valence-corrected chi connectivity index (χ1v) is 11.7. The van der Waals surface area contributed by atoms with E-state index in [-0.39, 0.29) is 49.7 Å². The van der Waals surface area contributed by atoms with Gasteiger partial charge in [-0.2, -0.15) is 13.2 Å². The van der Waals surface area contributed by atoms with Crippen LogP contribution in [0.2, 0.25) is 0 Å². The summed E-state index contributed by atoms with van der Waals surface area (Å²) in [6.45, 7) is 4.21. The van der Waals surface area contributed by atoms with E-state index >= 15 is 0 Å². The molecule has 0 aromatic heterocycles. The smallest absolute Gasteiger partial charge is 0.428 e. The van der Waals surface area contributed by atoms with Gasteiger partial charge in [0.15, 0.2) is 0 Å². The summed E-state index contributed by atoms with van der Waals surface area (Å²) in [5.74, 6) is -0.215. The fraction of sp³-hybridized carbons (Fsp3) is 0.583. The molecule has 0 bridgehead atoms. The van der Waals surface area contributed by atoms with Crippen molar-refractivity contribution in [1.82, 2.24) is 9.80 Å². The molecule has 0 radical (unpaired) electrons. The number of anilines is 1. The van der Waals surface area contributed by atoms with Crippen LogP contribution in [0.3, 0.4) is 0 Å². The molecule has 1 aliphatic heterocycles. The van der Waals surface area contributed by atoms with E-state index in [1.807, 2.05) is 18.2 Å². The second-order valence-electron chi connectivity index (χ2n) is 9.06. The Morgan fingerprint density at radius 3 is 2.41 bits per heavy atom. The van der Waals surface area contributed by atoms with E-state index in [1.165, 1.54) is 0 Å². The number of carbonyl (C=O) groups is 1. The number of aliphatic hydroxyl groups is 1. The highest BCUT2D eigenvalue weighted by molar-refractivity contribution is 6.05. The first-order chi connectivity index (χ1) is 16.1. The number of aliphatic hydroxyl groups excluding tert-OH is 1. The van der Waals surface area contributed by atoms with Gasteiger partial charge in [-0.25, -0.2) is 0 Å². The van der Waals surface area contributed by atoms with Crippen LogP contribution in [-0.2, 0) is 9.53 Å². The number of alkyl halides is 3. The van der Waals surface area contributed by atoms with Crippen molar-refractivity contribution in [2.75, 3.05) is 31.5 Å². The third-order valence-corrected chi connectivity index (χ3v) is 6.27. The number of carbonyl (C=O) groups excluding carboxylic acids is 1. The lowest BCUT2D eigenvalue weighted by molar-refractivity contribution is -0.253. The molecule has 1 aromatic rings.